The van der Waals surface area contributed by atoms with Crippen molar-refractivity contribution in [2.45, 2.75) is 59.5 Å². The van der Waals surface area contributed by atoms with Crippen LogP contribution in [0.4, 0.5) is 4.79 Å². The molecule has 1 saturated heterocycles. The Bertz CT molecular complexity index is 452. The smallest absolute Gasteiger partial charge is 0.410 e. The molecule has 2 fully saturated rings. The highest BCUT2D eigenvalue weighted by molar-refractivity contribution is 5.75. The lowest BCUT2D eigenvalue weighted by atomic mass is 9.74. The van der Waals surface area contributed by atoms with Gasteiger partial charge in [-0.25, -0.2) is 4.79 Å². The van der Waals surface area contributed by atoms with Gasteiger partial charge >= 0.3 is 12.1 Å². The minimum absolute atomic E-state index is 0.150. The van der Waals surface area contributed by atoms with Gasteiger partial charge in [0.2, 0.25) is 0 Å². The number of rotatable bonds is 1. The van der Waals surface area contributed by atoms with Crippen LogP contribution in [0.5, 0.6) is 0 Å². The van der Waals surface area contributed by atoms with Crippen molar-refractivity contribution in [1.29, 1.82) is 0 Å². The number of carboxylic acid groups (broad SMARTS) is 1. The molecule has 0 bridgehead atoms. The quantitative estimate of drug-likeness (QED) is 0.807. The van der Waals surface area contributed by atoms with Crippen molar-refractivity contribution in [1.82, 2.24) is 4.90 Å². The second kappa shape index (κ2) is 4.89. The second-order valence-electron chi connectivity index (χ2n) is 8.46. The Balaban J connectivity index is 2.17. The monoisotopic (exact) mass is 297 g/mol. The van der Waals surface area contributed by atoms with E-state index in [0.29, 0.717) is 6.54 Å². The number of carbonyl (C=O) groups excluding carboxylic acids is 1. The van der Waals surface area contributed by atoms with Crippen LogP contribution in [0, 0.1) is 16.7 Å². The molecule has 2 atom stereocenters. The minimum atomic E-state index is -0.793. The Hall–Kier alpha value is -1.26. The van der Waals surface area contributed by atoms with Crippen LogP contribution in [0.3, 0.4) is 0 Å². The number of aliphatic carboxylic acids is 1. The number of likely N-dealkylation sites (tertiary alicyclic amines) is 1. The highest BCUT2D eigenvalue weighted by Gasteiger charge is 2.56. The summed E-state index contributed by atoms with van der Waals surface area (Å²) in [5.74, 6) is -1.27. The summed E-state index contributed by atoms with van der Waals surface area (Å²) in [5.41, 5.74) is -0.690. The third kappa shape index (κ3) is 3.33. The summed E-state index contributed by atoms with van der Waals surface area (Å²) in [7, 11) is 0. The lowest BCUT2D eigenvalue weighted by molar-refractivity contribution is -0.144. The van der Waals surface area contributed by atoms with Crippen molar-refractivity contribution in [2.75, 3.05) is 13.1 Å². The van der Waals surface area contributed by atoms with Crippen molar-refractivity contribution in [3.05, 3.63) is 0 Å². The van der Waals surface area contributed by atoms with Crippen LogP contribution < -0.4 is 0 Å². The van der Waals surface area contributed by atoms with E-state index < -0.39 is 23.6 Å². The fraction of sp³-hybridized carbons (Fsp3) is 0.875. The van der Waals surface area contributed by atoms with Gasteiger partial charge in [-0.2, -0.15) is 0 Å². The molecule has 0 aromatic rings. The summed E-state index contributed by atoms with van der Waals surface area (Å²) in [6, 6.07) is 0. The van der Waals surface area contributed by atoms with E-state index in [1.807, 2.05) is 20.8 Å². The van der Waals surface area contributed by atoms with Crippen LogP contribution in [-0.4, -0.2) is 40.8 Å². The molecule has 2 unspecified atom stereocenters. The van der Waals surface area contributed by atoms with Gasteiger partial charge in [0.15, 0.2) is 0 Å². The number of carbonyl (C=O) groups is 2. The molecule has 1 amide bonds. The van der Waals surface area contributed by atoms with E-state index in [-0.39, 0.29) is 17.4 Å². The summed E-state index contributed by atoms with van der Waals surface area (Å²) in [6.45, 7) is 10.6. The molecular weight excluding hydrogens is 270 g/mol. The highest BCUT2D eigenvalue weighted by Crippen LogP contribution is 2.56. The average Bonchev–Trinajstić information content (AvgIpc) is 2.78. The first-order valence-electron chi connectivity index (χ1n) is 7.65. The van der Waals surface area contributed by atoms with Gasteiger partial charge in [-0.3, -0.25) is 4.79 Å². The Morgan fingerprint density at radius 1 is 1.24 bits per heavy atom. The molecule has 0 radical (unpaired) electrons. The van der Waals surface area contributed by atoms with Gasteiger partial charge in [-0.05, 0) is 45.4 Å². The number of amides is 1. The Morgan fingerprint density at radius 2 is 1.86 bits per heavy atom. The van der Waals surface area contributed by atoms with Gasteiger partial charge in [0.1, 0.15) is 5.60 Å². The summed E-state index contributed by atoms with van der Waals surface area (Å²) < 4.78 is 5.40. The molecule has 1 heterocycles. The van der Waals surface area contributed by atoms with E-state index in [9.17, 15) is 14.7 Å². The molecule has 1 spiro atoms. The zero-order chi connectivity index (χ0) is 16.1. The Labute approximate surface area is 126 Å². The first kappa shape index (κ1) is 16.1. The largest absolute Gasteiger partial charge is 0.481 e. The lowest BCUT2D eigenvalue weighted by Gasteiger charge is -2.30. The molecule has 0 aromatic carbocycles. The number of ether oxygens (including phenoxy) is 1. The summed E-state index contributed by atoms with van der Waals surface area (Å²) >= 11 is 0. The average molecular weight is 297 g/mol. The van der Waals surface area contributed by atoms with E-state index in [0.717, 1.165) is 19.3 Å². The minimum Gasteiger partial charge on any atom is -0.481 e. The SMILES string of the molecule is CC1(C)CCC2(CN(C(=O)OC(C)(C)C)CC2C(=O)O)C1. The van der Waals surface area contributed by atoms with Crippen LogP contribution in [0.1, 0.15) is 53.9 Å². The van der Waals surface area contributed by atoms with Crippen molar-refractivity contribution >= 4 is 12.1 Å². The van der Waals surface area contributed by atoms with Gasteiger partial charge in [0.25, 0.3) is 0 Å². The van der Waals surface area contributed by atoms with Crippen molar-refractivity contribution < 1.29 is 19.4 Å². The van der Waals surface area contributed by atoms with Crippen LogP contribution in [0.25, 0.3) is 0 Å². The third-order valence-corrected chi connectivity index (χ3v) is 4.73. The number of carboxylic acids is 1. The molecule has 1 aliphatic heterocycles. The summed E-state index contributed by atoms with van der Waals surface area (Å²) in [6.07, 6.45) is 2.35. The maximum Gasteiger partial charge on any atom is 0.410 e. The van der Waals surface area contributed by atoms with E-state index in [1.165, 1.54) is 0 Å². The fourth-order valence-corrected chi connectivity index (χ4v) is 3.92. The van der Waals surface area contributed by atoms with Gasteiger partial charge in [0, 0.05) is 18.5 Å². The molecule has 1 aliphatic carbocycles. The van der Waals surface area contributed by atoms with Crippen LogP contribution in [-0.2, 0) is 9.53 Å². The zero-order valence-corrected chi connectivity index (χ0v) is 13.7. The standard InChI is InChI=1S/C16H27NO4/c1-14(2,3)21-13(20)17-8-11(12(18)19)16(10-17)7-6-15(4,5)9-16/h11H,6-10H2,1-5H3,(H,18,19). The van der Waals surface area contributed by atoms with E-state index >= 15 is 0 Å². The molecule has 120 valence electrons. The number of hydrogen-bond donors (Lipinski definition) is 1. The molecule has 21 heavy (non-hydrogen) atoms. The van der Waals surface area contributed by atoms with Crippen molar-refractivity contribution in [2.24, 2.45) is 16.7 Å². The molecule has 0 aromatic heterocycles. The van der Waals surface area contributed by atoms with E-state index in [1.54, 1.807) is 4.90 Å². The topological polar surface area (TPSA) is 66.8 Å². The van der Waals surface area contributed by atoms with Crippen LogP contribution >= 0.6 is 0 Å². The van der Waals surface area contributed by atoms with Gasteiger partial charge in [-0.1, -0.05) is 13.8 Å². The first-order valence-corrected chi connectivity index (χ1v) is 7.65. The summed E-state index contributed by atoms with van der Waals surface area (Å²) in [5, 5.41) is 9.56. The van der Waals surface area contributed by atoms with E-state index in [4.69, 9.17) is 4.74 Å². The highest BCUT2D eigenvalue weighted by atomic mass is 16.6. The third-order valence-electron chi connectivity index (χ3n) is 4.73. The Morgan fingerprint density at radius 3 is 2.29 bits per heavy atom. The second-order valence-corrected chi connectivity index (χ2v) is 8.46. The zero-order valence-electron chi connectivity index (χ0n) is 13.7. The maximum atomic E-state index is 12.2. The molecule has 2 aliphatic rings. The van der Waals surface area contributed by atoms with Gasteiger partial charge < -0.3 is 14.7 Å². The molecular formula is C16H27NO4. The molecule has 1 saturated carbocycles. The number of hydrogen-bond acceptors (Lipinski definition) is 3. The van der Waals surface area contributed by atoms with Crippen LogP contribution in [0.15, 0.2) is 0 Å². The maximum absolute atomic E-state index is 12.2. The molecule has 5 nitrogen and oxygen atoms in total. The normalized spacial score (nSPS) is 31.7. The predicted molar refractivity (Wildman–Crippen MR) is 79.0 cm³/mol. The van der Waals surface area contributed by atoms with Crippen molar-refractivity contribution in [3.8, 4) is 0 Å². The van der Waals surface area contributed by atoms with E-state index in [2.05, 4.69) is 13.8 Å². The predicted octanol–water partition coefficient (Wildman–Crippen LogP) is 3.13. The molecule has 2 rings (SSSR count). The lowest BCUT2D eigenvalue weighted by Crippen LogP contribution is -2.36. The first-order chi connectivity index (χ1) is 9.44. The molecule has 5 heteroatoms. The van der Waals surface area contributed by atoms with Gasteiger partial charge in [0.05, 0.1) is 5.92 Å². The fourth-order valence-electron chi connectivity index (χ4n) is 3.92. The van der Waals surface area contributed by atoms with Crippen molar-refractivity contribution in [3.63, 3.8) is 0 Å². The van der Waals surface area contributed by atoms with Crippen LogP contribution in [0.2, 0.25) is 0 Å². The Kier molecular flexibility index (Phi) is 3.75. The summed E-state index contributed by atoms with van der Waals surface area (Å²) in [4.78, 5) is 25.5. The van der Waals surface area contributed by atoms with Gasteiger partial charge in [-0.15, -0.1) is 0 Å². The molecule has 1 N–H and O–H groups in total. The number of nitrogens with zero attached hydrogens (tertiary/aromatic N) is 1.